The molecule has 0 radical (unpaired) electrons. The summed E-state index contributed by atoms with van der Waals surface area (Å²) in [6.45, 7) is 9.00. The number of anilines is 1. The zero-order valence-corrected chi connectivity index (χ0v) is 13.2. The van der Waals surface area contributed by atoms with E-state index < -0.39 is 0 Å². The van der Waals surface area contributed by atoms with Crippen LogP contribution in [0.5, 0.6) is 0 Å². The van der Waals surface area contributed by atoms with Crippen LogP contribution in [-0.2, 0) is 9.53 Å². The van der Waals surface area contributed by atoms with E-state index in [0.717, 1.165) is 13.1 Å². The van der Waals surface area contributed by atoms with Crippen LogP contribution >= 0.6 is 0 Å². The summed E-state index contributed by atoms with van der Waals surface area (Å²) in [6.07, 6.45) is 0. The zero-order chi connectivity index (χ0) is 16.6. The smallest absolute Gasteiger partial charge is 0.293 e. The average molecular weight is 309 g/mol. The molecule has 1 aliphatic heterocycles. The highest BCUT2D eigenvalue weighted by atomic mass is 16.5. The van der Waals surface area contributed by atoms with Gasteiger partial charge in [0.2, 0.25) is 0 Å². The van der Waals surface area contributed by atoms with Crippen LogP contribution in [-0.4, -0.2) is 59.3 Å². The molecule has 1 saturated heterocycles. The number of rotatable bonds is 2. The Morgan fingerprint density at radius 2 is 1.95 bits per heavy atom. The fourth-order valence-corrected chi connectivity index (χ4v) is 1.63. The van der Waals surface area contributed by atoms with E-state index in [0.29, 0.717) is 31.1 Å². The quantitative estimate of drug-likeness (QED) is 0.743. The highest BCUT2D eigenvalue weighted by Crippen LogP contribution is 2.04. The number of aromatic nitrogens is 2. The van der Waals surface area contributed by atoms with Crippen LogP contribution in [0.25, 0.3) is 0 Å². The number of nitrogens with zero attached hydrogens (tertiary/aromatic N) is 3. The first kappa shape index (κ1) is 17.8. The molecule has 2 heterocycles. The lowest BCUT2D eigenvalue weighted by Gasteiger charge is -2.26. The molecule has 1 fully saturated rings. The van der Waals surface area contributed by atoms with Crippen molar-refractivity contribution in [1.29, 1.82) is 0 Å². The van der Waals surface area contributed by atoms with Gasteiger partial charge in [-0.25, -0.2) is 0 Å². The van der Waals surface area contributed by atoms with E-state index in [9.17, 15) is 9.59 Å². The molecule has 122 valence electrons. The van der Waals surface area contributed by atoms with Crippen molar-refractivity contribution in [2.24, 2.45) is 0 Å². The minimum atomic E-state index is -0.318. The Bertz CT molecular complexity index is 478. The van der Waals surface area contributed by atoms with E-state index in [-0.39, 0.29) is 11.5 Å². The van der Waals surface area contributed by atoms with E-state index in [1.807, 2.05) is 20.8 Å². The molecule has 0 aromatic carbocycles. The summed E-state index contributed by atoms with van der Waals surface area (Å²) < 4.78 is 4.55. The van der Waals surface area contributed by atoms with Crippen LogP contribution in [0.3, 0.4) is 0 Å². The Balaban J connectivity index is 0.000000295. The molecule has 2 rings (SSSR count). The molecule has 0 unspecified atom stereocenters. The molecule has 0 atom stereocenters. The maximum atomic E-state index is 11.9. The summed E-state index contributed by atoms with van der Waals surface area (Å²) in [5, 5.41) is 10.6. The number of piperazine rings is 1. The molecular weight excluding hydrogens is 286 g/mol. The summed E-state index contributed by atoms with van der Waals surface area (Å²) >= 11 is 0. The van der Waals surface area contributed by atoms with Gasteiger partial charge in [0.25, 0.3) is 12.4 Å². The van der Waals surface area contributed by atoms with Crippen LogP contribution in [0.4, 0.5) is 5.82 Å². The third-order valence-corrected chi connectivity index (χ3v) is 2.71. The Kier molecular flexibility index (Phi) is 6.71. The number of carbonyl (C=O) groups excluding carboxylic acids is 2. The highest BCUT2D eigenvalue weighted by molar-refractivity contribution is 5.92. The van der Waals surface area contributed by atoms with Crippen molar-refractivity contribution in [1.82, 2.24) is 20.4 Å². The molecule has 0 bridgehead atoms. The second kappa shape index (κ2) is 8.28. The zero-order valence-electron chi connectivity index (χ0n) is 13.2. The van der Waals surface area contributed by atoms with Gasteiger partial charge in [-0.3, -0.25) is 9.59 Å². The van der Waals surface area contributed by atoms with Crippen LogP contribution in [0.2, 0.25) is 0 Å². The summed E-state index contributed by atoms with van der Waals surface area (Å²) in [5.74, 6) is 0.246. The molecule has 8 nitrogen and oxygen atoms in total. The molecule has 22 heavy (non-hydrogen) atoms. The summed E-state index contributed by atoms with van der Waals surface area (Å²) in [7, 11) is 0. The number of amides is 1. The van der Waals surface area contributed by atoms with Crippen molar-refractivity contribution in [3.05, 3.63) is 17.8 Å². The third-order valence-electron chi connectivity index (χ3n) is 2.71. The van der Waals surface area contributed by atoms with Crippen molar-refractivity contribution in [3.8, 4) is 0 Å². The van der Waals surface area contributed by atoms with Gasteiger partial charge in [0.1, 0.15) is 11.4 Å². The minimum absolute atomic E-state index is 0.0796. The first-order valence-corrected chi connectivity index (χ1v) is 7.04. The second-order valence-corrected chi connectivity index (χ2v) is 5.71. The van der Waals surface area contributed by atoms with Crippen molar-refractivity contribution >= 4 is 18.2 Å². The predicted molar refractivity (Wildman–Crippen MR) is 82.1 cm³/mol. The molecule has 1 aromatic rings. The Hall–Kier alpha value is -2.22. The van der Waals surface area contributed by atoms with Crippen molar-refractivity contribution in [2.75, 3.05) is 31.9 Å². The van der Waals surface area contributed by atoms with Crippen molar-refractivity contribution in [3.63, 3.8) is 0 Å². The van der Waals surface area contributed by atoms with Gasteiger partial charge in [-0.2, -0.15) is 0 Å². The minimum Gasteiger partial charge on any atom is -0.462 e. The van der Waals surface area contributed by atoms with Crippen molar-refractivity contribution in [2.45, 2.75) is 26.4 Å². The molecule has 1 aliphatic rings. The molecule has 3 N–H and O–H groups in total. The molecule has 8 heteroatoms. The number of nitrogens with one attached hydrogen (secondary N) is 1. The number of nitrogen functional groups attached to an aromatic ring is 1. The molecular formula is C14H23N5O3. The molecule has 0 saturated carbocycles. The number of hydrogen-bond donors (Lipinski definition) is 2. The lowest BCUT2D eigenvalue weighted by Crippen LogP contribution is -2.46. The van der Waals surface area contributed by atoms with Gasteiger partial charge in [-0.15, -0.1) is 10.2 Å². The van der Waals surface area contributed by atoms with Gasteiger partial charge in [-0.1, -0.05) is 0 Å². The topological polar surface area (TPSA) is 110 Å². The van der Waals surface area contributed by atoms with Gasteiger partial charge >= 0.3 is 0 Å². The maximum Gasteiger partial charge on any atom is 0.293 e. The number of carbonyl (C=O) groups is 2. The Morgan fingerprint density at radius 3 is 2.36 bits per heavy atom. The van der Waals surface area contributed by atoms with Gasteiger partial charge in [0.05, 0.1) is 0 Å². The van der Waals surface area contributed by atoms with Gasteiger partial charge < -0.3 is 20.7 Å². The van der Waals surface area contributed by atoms with Crippen LogP contribution in [0.15, 0.2) is 12.1 Å². The first-order valence-electron chi connectivity index (χ1n) is 7.04. The Labute approximate surface area is 130 Å². The summed E-state index contributed by atoms with van der Waals surface area (Å²) in [6, 6.07) is 3.19. The highest BCUT2D eigenvalue weighted by Gasteiger charge is 2.18. The van der Waals surface area contributed by atoms with Gasteiger partial charge in [0.15, 0.2) is 5.69 Å². The summed E-state index contributed by atoms with van der Waals surface area (Å²) in [4.78, 5) is 23.2. The normalized spacial score (nSPS) is 14.6. The largest absolute Gasteiger partial charge is 0.462 e. The van der Waals surface area contributed by atoms with Crippen LogP contribution in [0.1, 0.15) is 31.3 Å². The third kappa shape index (κ3) is 6.49. The number of ether oxygens (including phenoxy) is 1. The van der Waals surface area contributed by atoms with E-state index in [4.69, 9.17) is 5.73 Å². The predicted octanol–water partition coefficient (Wildman–Crippen LogP) is 0.0621. The fraction of sp³-hybridized carbons (Fsp3) is 0.571. The standard InChI is InChI=1S/C9H13N5O.C5H10O2/c10-8-2-1-7(12-13-8)9(15)14-5-3-11-4-6-14;1-5(2,3)7-4-6/h1-2,11H,3-6H2,(H2,10,13);4H,1-3H3. The van der Waals surface area contributed by atoms with Gasteiger partial charge in [-0.05, 0) is 32.9 Å². The monoisotopic (exact) mass is 309 g/mol. The van der Waals surface area contributed by atoms with Crippen molar-refractivity contribution < 1.29 is 14.3 Å². The Morgan fingerprint density at radius 1 is 1.32 bits per heavy atom. The molecule has 0 spiro atoms. The molecule has 1 aromatic heterocycles. The van der Waals surface area contributed by atoms with Crippen LogP contribution in [0, 0.1) is 0 Å². The lowest BCUT2D eigenvalue weighted by atomic mass is 10.2. The maximum absolute atomic E-state index is 11.9. The summed E-state index contributed by atoms with van der Waals surface area (Å²) in [5.41, 5.74) is 5.43. The molecule has 0 aliphatic carbocycles. The second-order valence-electron chi connectivity index (χ2n) is 5.71. The average Bonchev–Trinajstić information content (AvgIpc) is 2.48. The first-order chi connectivity index (χ1) is 10.3. The number of nitrogens with two attached hydrogens (primary N) is 1. The lowest BCUT2D eigenvalue weighted by molar-refractivity contribution is -0.138. The molecule has 1 amide bonds. The fourth-order valence-electron chi connectivity index (χ4n) is 1.63. The number of hydrogen-bond acceptors (Lipinski definition) is 7. The van der Waals surface area contributed by atoms with E-state index >= 15 is 0 Å². The van der Waals surface area contributed by atoms with E-state index in [1.165, 1.54) is 0 Å². The van der Waals surface area contributed by atoms with Crippen LogP contribution < -0.4 is 11.1 Å². The van der Waals surface area contributed by atoms with Gasteiger partial charge in [0, 0.05) is 26.2 Å². The SMILES string of the molecule is CC(C)(C)OC=O.Nc1ccc(C(=O)N2CCNCC2)nn1. The van der Waals surface area contributed by atoms with E-state index in [2.05, 4.69) is 20.3 Å². The van der Waals surface area contributed by atoms with E-state index in [1.54, 1.807) is 17.0 Å².